The first-order valence-corrected chi connectivity index (χ1v) is 11.7. The summed E-state index contributed by atoms with van der Waals surface area (Å²) in [5.74, 6) is 0.204. The van der Waals surface area contributed by atoms with Crippen LogP contribution < -0.4 is 10.7 Å². The maximum absolute atomic E-state index is 13.8. The van der Waals surface area contributed by atoms with Crippen molar-refractivity contribution in [2.75, 3.05) is 25.2 Å². The van der Waals surface area contributed by atoms with E-state index in [4.69, 9.17) is 9.26 Å². The van der Waals surface area contributed by atoms with Crippen LogP contribution in [0.2, 0.25) is 0 Å². The van der Waals surface area contributed by atoms with Crippen molar-refractivity contribution in [3.05, 3.63) is 82.2 Å². The number of anilines is 1. The van der Waals surface area contributed by atoms with Gasteiger partial charge >= 0.3 is 5.76 Å². The number of nitrogens with one attached hydrogen (secondary N) is 1. The molecule has 1 saturated carbocycles. The van der Waals surface area contributed by atoms with Crippen LogP contribution in [0.3, 0.4) is 0 Å². The summed E-state index contributed by atoms with van der Waals surface area (Å²) < 4.78 is 12.4. The molecule has 1 saturated heterocycles. The highest BCUT2D eigenvalue weighted by Crippen LogP contribution is 2.50. The zero-order chi connectivity index (χ0) is 23.3. The number of amides is 1. The van der Waals surface area contributed by atoms with Gasteiger partial charge in [-0.05, 0) is 67.5 Å². The van der Waals surface area contributed by atoms with Crippen LogP contribution >= 0.6 is 0 Å². The Morgan fingerprint density at radius 2 is 1.88 bits per heavy atom. The van der Waals surface area contributed by atoms with Crippen molar-refractivity contribution in [2.24, 2.45) is 0 Å². The number of para-hydroxylation sites is 1. The van der Waals surface area contributed by atoms with Crippen molar-refractivity contribution >= 4 is 22.5 Å². The molecule has 1 aliphatic carbocycles. The van der Waals surface area contributed by atoms with Gasteiger partial charge in [0.25, 0.3) is 5.91 Å². The van der Waals surface area contributed by atoms with E-state index in [1.807, 2.05) is 41.0 Å². The lowest BCUT2D eigenvalue weighted by Crippen LogP contribution is -2.32. The molecule has 0 bridgehead atoms. The van der Waals surface area contributed by atoms with Gasteiger partial charge in [-0.1, -0.05) is 29.4 Å². The number of nitrogens with zero attached hydrogens (tertiary/aromatic N) is 3. The molecule has 174 valence electrons. The molecule has 2 aliphatic rings. The summed E-state index contributed by atoms with van der Waals surface area (Å²) in [5, 5.41) is 5.01. The molecule has 2 aromatic heterocycles. The molecule has 2 fully saturated rings. The number of ether oxygens (including phenoxy) is 1. The summed E-state index contributed by atoms with van der Waals surface area (Å²) in [4.78, 5) is 29.9. The third-order valence-electron chi connectivity index (χ3n) is 7.22. The van der Waals surface area contributed by atoms with Crippen molar-refractivity contribution in [2.45, 2.75) is 37.1 Å². The third kappa shape index (κ3) is 3.37. The molecule has 0 spiro atoms. The number of hydrogen-bond donors (Lipinski definition) is 1. The van der Waals surface area contributed by atoms with E-state index < -0.39 is 11.3 Å². The summed E-state index contributed by atoms with van der Waals surface area (Å²) in [6.07, 6.45) is 3.52. The summed E-state index contributed by atoms with van der Waals surface area (Å²) in [7, 11) is 1.78. The Kier molecular flexibility index (Phi) is 4.91. The number of fused-ring (bicyclic) bond motifs is 1. The fourth-order valence-electron chi connectivity index (χ4n) is 5.19. The predicted octanol–water partition coefficient (Wildman–Crippen LogP) is 4.03. The van der Waals surface area contributed by atoms with Gasteiger partial charge in [-0.15, -0.1) is 0 Å². The average Bonchev–Trinajstić information content (AvgIpc) is 3.40. The monoisotopic (exact) mass is 458 g/mol. The van der Waals surface area contributed by atoms with Crippen LogP contribution in [0.15, 0.2) is 63.9 Å². The number of benzene rings is 2. The summed E-state index contributed by atoms with van der Waals surface area (Å²) >= 11 is 0. The Hall–Kier alpha value is -3.65. The van der Waals surface area contributed by atoms with Gasteiger partial charge < -0.3 is 14.2 Å². The molecule has 8 heteroatoms. The number of H-pyrrole nitrogens is 1. The molecule has 6 rings (SSSR count). The Balaban J connectivity index is 1.50. The van der Waals surface area contributed by atoms with E-state index in [0.29, 0.717) is 17.4 Å². The quantitative estimate of drug-likeness (QED) is 0.488. The molecule has 8 nitrogen and oxygen atoms in total. The second kappa shape index (κ2) is 7.99. The molecule has 0 atom stereocenters. The minimum atomic E-state index is -0.601. The standard InChI is InChI=1S/C26H26N4O4/c1-29(20-5-3-2-4-6-20)23(31)22-16-19-15-18(17-9-13-33-14-10-17)7-8-21(19)30(22)26(11-12-26)24-27-25(32)34-28-24/h2-8,15-17H,9-14H2,1H3,(H,27,28,32). The topological polar surface area (TPSA) is 93.4 Å². The Morgan fingerprint density at radius 1 is 1.12 bits per heavy atom. The Labute approximate surface area is 196 Å². The fourth-order valence-corrected chi connectivity index (χ4v) is 5.19. The first-order valence-electron chi connectivity index (χ1n) is 11.7. The zero-order valence-corrected chi connectivity index (χ0v) is 19.0. The van der Waals surface area contributed by atoms with Crippen molar-refractivity contribution in [1.29, 1.82) is 0 Å². The third-order valence-corrected chi connectivity index (χ3v) is 7.22. The van der Waals surface area contributed by atoms with Crippen molar-refractivity contribution in [3.63, 3.8) is 0 Å². The van der Waals surface area contributed by atoms with Crippen molar-refractivity contribution in [3.8, 4) is 0 Å². The minimum absolute atomic E-state index is 0.118. The predicted molar refractivity (Wildman–Crippen MR) is 127 cm³/mol. The summed E-state index contributed by atoms with van der Waals surface area (Å²) in [6, 6.07) is 18.0. The zero-order valence-electron chi connectivity index (χ0n) is 19.0. The number of hydrogen-bond acceptors (Lipinski definition) is 5. The first-order chi connectivity index (χ1) is 16.6. The second-order valence-corrected chi connectivity index (χ2v) is 9.24. The van der Waals surface area contributed by atoms with Gasteiger partial charge in [0.05, 0.1) is 0 Å². The number of rotatable bonds is 5. The fraction of sp³-hybridized carbons (Fsp3) is 0.346. The van der Waals surface area contributed by atoms with Gasteiger partial charge in [0.15, 0.2) is 5.82 Å². The summed E-state index contributed by atoms with van der Waals surface area (Å²) in [6.45, 7) is 1.55. The van der Waals surface area contributed by atoms with Crippen molar-refractivity contribution < 1.29 is 14.1 Å². The smallest absolute Gasteiger partial charge is 0.381 e. The Bertz CT molecular complexity index is 1410. The maximum Gasteiger partial charge on any atom is 0.438 e. The number of carbonyl (C=O) groups excluding carboxylic acids is 1. The molecule has 4 aromatic rings. The Morgan fingerprint density at radius 3 is 2.56 bits per heavy atom. The van der Waals surface area contributed by atoms with Gasteiger partial charge in [-0.3, -0.25) is 14.3 Å². The van der Waals surface area contributed by atoms with Gasteiger partial charge in [-0.2, -0.15) is 0 Å². The minimum Gasteiger partial charge on any atom is -0.381 e. The van der Waals surface area contributed by atoms with E-state index in [-0.39, 0.29) is 5.91 Å². The number of aromatic nitrogens is 3. The number of aromatic amines is 1. The van der Waals surface area contributed by atoms with Crippen LogP contribution in [-0.4, -0.2) is 40.9 Å². The SMILES string of the molecule is CN(C(=O)c1cc2cc(C3CCOCC3)ccc2n1C1(c2noc(=O)[nH]2)CC1)c1ccccc1. The molecule has 34 heavy (non-hydrogen) atoms. The van der Waals surface area contributed by atoms with E-state index >= 15 is 0 Å². The largest absolute Gasteiger partial charge is 0.438 e. The van der Waals surface area contributed by atoms with E-state index in [1.165, 1.54) is 5.56 Å². The summed E-state index contributed by atoms with van der Waals surface area (Å²) in [5.41, 5.74) is 2.99. The molecular formula is C26H26N4O4. The highest BCUT2D eigenvalue weighted by Gasteiger charge is 2.52. The molecule has 1 aliphatic heterocycles. The van der Waals surface area contributed by atoms with Gasteiger partial charge in [0.1, 0.15) is 11.2 Å². The van der Waals surface area contributed by atoms with Crippen LogP contribution in [0, 0.1) is 0 Å². The first kappa shape index (κ1) is 20.9. The molecule has 1 N–H and O–H groups in total. The van der Waals surface area contributed by atoms with Crippen LogP contribution in [0.1, 0.15) is 53.5 Å². The van der Waals surface area contributed by atoms with E-state index in [2.05, 4.69) is 28.3 Å². The number of carbonyl (C=O) groups is 1. The molecule has 0 radical (unpaired) electrons. The molecule has 2 aromatic carbocycles. The van der Waals surface area contributed by atoms with Crippen LogP contribution in [0.5, 0.6) is 0 Å². The highest BCUT2D eigenvalue weighted by molar-refractivity contribution is 6.08. The van der Waals surface area contributed by atoms with E-state index in [0.717, 1.165) is 55.5 Å². The van der Waals surface area contributed by atoms with Crippen molar-refractivity contribution in [1.82, 2.24) is 14.7 Å². The lowest BCUT2D eigenvalue weighted by atomic mass is 9.91. The normalized spacial score (nSPS) is 17.7. The van der Waals surface area contributed by atoms with Crippen LogP contribution in [-0.2, 0) is 10.3 Å². The molecule has 3 heterocycles. The average molecular weight is 459 g/mol. The van der Waals surface area contributed by atoms with Gasteiger partial charge in [0.2, 0.25) is 0 Å². The van der Waals surface area contributed by atoms with Crippen LogP contribution in [0.4, 0.5) is 5.69 Å². The lowest BCUT2D eigenvalue weighted by Gasteiger charge is -2.24. The second-order valence-electron chi connectivity index (χ2n) is 9.24. The maximum atomic E-state index is 13.8. The van der Waals surface area contributed by atoms with E-state index in [1.54, 1.807) is 11.9 Å². The highest BCUT2D eigenvalue weighted by atomic mass is 16.5. The van der Waals surface area contributed by atoms with E-state index in [9.17, 15) is 9.59 Å². The van der Waals surface area contributed by atoms with Gasteiger partial charge in [0, 0.05) is 36.9 Å². The molecule has 1 amide bonds. The van der Waals surface area contributed by atoms with Gasteiger partial charge in [-0.25, -0.2) is 4.79 Å². The molecular weight excluding hydrogens is 432 g/mol. The molecule has 0 unspecified atom stereocenters. The lowest BCUT2D eigenvalue weighted by molar-refractivity contribution is 0.0853. The van der Waals surface area contributed by atoms with Crippen LogP contribution in [0.25, 0.3) is 10.9 Å².